The molecule has 12 heavy (non-hydrogen) atoms. The Kier molecular flexibility index (Phi) is 331000000. The normalized spacial score (nSPS) is 0. The predicted molar refractivity (Wildman–Crippen MR) is 39.8 cm³/mol. The van der Waals surface area contributed by atoms with Crippen LogP contribution in [0.25, 0.3) is 0 Å². The topological polar surface area (TPSA) is 346 Å². The second-order valence-corrected chi connectivity index (χ2v) is 0. The maximum atomic E-state index is 0. The second-order valence-electron chi connectivity index (χ2n) is 0. The summed E-state index contributed by atoms with van der Waals surface area (Å²) < 4.78 is 0. The second kappa shape index (κ2) is 55000. The van der Waals surface area contributed by atoms with Gasteiger partial charge in [-0.25, -0.2) is 0 Å². The van der Waals surface area contributed by atoms with Gasteiger partial charge in [-0.1, -0.05) is 0 Å². The number of hydrogen-bond acceptors (Lipinski definition) is 0. The van der Waals surface area contributed by atoms with Crippen molar-refractivity contribution in [3.8, 4) is 0 Å². The number of rotatable bonds is 0. The number of hydrogen-bond donors (Lipinski definition) is 0. The van der Waals surface area contributed by atoms with Gasteiger partial charge in [-0.3, -0.25) is 0 Å². The van der Waals surface area contributed by atoms with Crippen LogP contribution in [0.3, 0.4) is 0 Å². The van der Waals surface area contributed by atoms with Gasteiger partial charge in [-0.15, -0.1) is 0 Å². The summed E-state index contributed by atoms with van der Waals surface area (Å²) >= 11 is 0. The Hall–Kier alpha value is 0.144. The molecule has 1 radical (unpaired) electrons. The van der Waals surface area contributed by atoms with Gasteiger partial charge in [0.2, 0.25) is 0 Å². The van der Waals surface area contributed by atoms with Crippen molar-refractivity contribution < 1.29 is 78.8 Å². The third-order valence-electron chi connectivity index (χ3n) is 0. The predicted octanol–water partition coefficient (Wildman–Crippen LogP) is -9.07. The van der Waals surface area contributed by atoms with Crippen molar-refractivity contribution in [2.75, 3.05) is 0 Å². The molecular weight excluding hydrogens is 227 g/mol. The first-order valence-electron chi connectivity index (χ1n) is 0. The van der Waals surface area contributed by atoms with Crippen LogP contribution in [-0.2, 0) is 18.6 Å². The van der Waals surface area contributed by atoms with E-state index in [0.717, 1.165) is 0 Å². The van der Waals surface area contributed by atoms with Crippen molar-refractivity contribution in [1.82, 2.24) is 0 Å². The summed E-state index contributed by atoms with van der Waals surface area (Å²) in [6.45, 7) is 0. The Morgan fingerprint density at radius 3 is 0.167 bits per heavy atom. The van der Waals surface area contributed by atoms with Crippen molar-refractivity contribution >= 4 is 0 Å². The van der Waals surface area contributed by atoms with Crippen molar-refractivity contribution in [3.63, 3.8) is 0 Å². The van der Waals surface area contributed by atoms with Gasteiger partial charge >= 0.3 is 0 Å². The van der Waals surface area contributed by atoms with E-state index in [2.05, 4.69) is 0 Å². The largest absolute Gasteiger partial charge is 0.412 e. The molecule has 0 aromatic rings. The smallest absolute Gasteiger partial charge is 0 e. The maximum absolute atomic E-state index is 0. The third kappa shape index (κ3) is 40700. The van der Waals surface area contributed by atoms with E-state index in [9.17, 15) is 0 Å². The zero-order valence-electron chi connectivity index (χ0n) is 5.95. The maximum Gasteiger partial charge on any atom is 0 e. The molecule has 12 heteroatoms. The molecule has 0 saturated carbocycles. The molecule has 22 N–H and O–H groups in total. The minimum absolute atomic E-state index is 0. The van der Waals surface area contributed by atoms with Crippen LogP contribution in [0.15, 0.2) is 0 Å². The van der Waals surface area contributed by atoms with Crippen LogP contribution in [0.4, 0.5) is 0 Å². The monoisotopic (exact) mass is 249 g/mol. The fraction of sp³-hybridized carbons (Fsp3) is 0. The van der Waals surface area contributed by atoms with Crippen LogP contribution in [0.1, 0.15) is 0 Å². The molecule has 0 fully saturated rings. The molecule has 0 amide bonds. The van der Waals surface area contributed by atoms with Gasteiger partial charge in [-0.2, -0.15) is 0 Å². The Bertz CT molecular complexity index is 4.97. The Balaban J connectivity index is 0. The molecule has 0 saturated heterocycles. The van der Waals surface area contributed by atoms with Crippen molar-refractivity contribution in [3.05, 3.63) is 0 Å². The van der Waals surface area contributed by atoms with Crippen LogP contribution in [0, 0.1) is 0 Å². The standard InChI is InChI=1S/11H2O.V/h11*1H2;. The van der Waals surface area contributed by atoms with E-state index in [-0.39, 0.29) is 78.8 Å². The van der Waals surface area contributed by atoms with Gasteiger partial charge in [0, 0.05) is 18.6 Å². The van der Waals surface area contributed by atoms with Crippen LogP contribution >= 0.6 is 0 Å². The van der Waals surface area contributed by atoms with E-state index in [1.165, 1.54) is 0 Å². The Labute approximate surface area is 79.7 Å². The van der Waals surface area contributed by atoms with Crippen LogP contribution in [0.2, 0.25) is 0 Å². The average Bonchev–Trinajstić information content (AvgIpc) is 0. The summed E-state index contributed by atoms with van der Waals surface area (Å²) in [6.07, 6.45) is 0. The van der Waals surface area contributed by atoms with Gasteiger partial charge in [0.05, 0.1) is 0 Å². The van der Waals surface area contributed by atoms with Crippen molar-refractivity contribution in [2.45, 2.75) is 0 Å². The van der Waals surface area contributed by atoms with Gasteiger partial charge in [0.1, 0.15) is 0 Å². The first-order valence-corrected chi connectivity index (χ1v) is 0. The summed E-state index contributed by atoms with van der Waals surface area (Å²) in [4.78, 5) is 0. The molecule has 0 aliphatic heterocycles. The molecular formula is H22O11V. The fourth-order valence-electron chi connectivity index (χ4n) is 0. The Morgan fingerprint density at radius 2 is 0.167 bits per heavy atom. The summed E-state index contributed by atoms with van der Waals surface area (Å²) in [6, 6.07) is 0. The fourth-order valence-corrected chi connectivity index (χ4v) is 0. The summed E-state index contributed by atoms with van der Waals surface area (Å²) in [7, 11) is 0. The Morgan fingerprint density at radius 1 is 0.167 bits per heavy atom. The molecule has 0 rings (SSSR count). The van der Waals surface area contributed by atoms with Crippen molar-refractivity contribution in [1.29, 1.82) is 0 Å². The molecule has 93 valence electrons. The van der Waals surface area contributed by atoms with E-state index >= 15 is 0 Å². The SMILES string of the molecule is O.O.O.O.O.O.O.O.O.O.O.[V]. The van der Waals surface area contributed by atoms with Crippen LogP contribution < -0.4 is 0 Å². The summed E-state index contributed by atoms with van der Waals surface area (Å²) in [5.74, 6) is 0. The molecule has 0 aromatic heterocycles. The molecule has 0 atom stereocenters. The molecule has 0 bridgehead atoms. The molecule has 11 nitrogen and oxygen atoms in total. The van der Waals surface area contributed by atoms with Gasteiger partial charge < -0.3 is 60.2 Å². The summed E-state index contributed by atoms with van der Waals surface area (Å²) in [5, 5.41) is 0. The van der Waals surface area contributed by atoms with Gasteiger partial charge in [0.15, 0.2) is 0 Å². The molecule has 0 spiro atoms. The van der Waals surface area contributed by atoms with E-state index in [1.54, 1.807) is 0 Å². The van der Waals surface area contributed by atoms with E-state index < -0.39 is 0 Å². The van der Waals surface area contributed by atoms with E-state index in [1.807, 2.05) is 0 Å². The molecule has 0 aliphatic carbocycles. The average molecular weight is 249 g/mol. The zero-order valence-corrected chi connectivity index (χ0v) is 7.34. The first kappa shape index (κ1) is 72300. The minimum atomic E-state index is 0. The summed E-state index contributed by atoms with van der Waals surface area (Å²) in [5.41, 5.74) is 0. The van der Waals surface area contributed by atoms with E-state index in [0.29, 0.717) is 0 Å². The van der Waals surface area contributed by atoms with Gasteiger partial charge in [-0.05, 0) is 0 Å². The first-order chi connectivity index (χ1) is 0. The third-order valence-corrected chi connectivity index (χ3v) is 0. The molecule has 0 aliphatic rings. The molecule has 0 heterocycles. The molecule has 0 unspecified atom stereocenters. The molecule has 0 aromatic carbocycles. The van der Waals surface area contributed by atoms with Gasteiger partial charge in [0.25, 0.3) is 0 Å². The minimum Gasteiger partial charge on any atom is -0.412 e. The van der Waals surface area contributed by atoms with E-state index in [4.69, 9.17) is 0 Å². The zero-order chi connectivity index (χ0) is 0. The quantitative estimate of drug-likeness (QED) is 0.385. The van der Waals surface area contributed by atoms with Crippen LogP contribution in [0.5, 0.6) is 0 Å². The van der Waals surface area contributed by atoms with Crippen molar-refractivity contribution in [2.24, 2.45) is 0 Å². The van der Waals surface area contributed by atoms with Crippen LogP contribution in [-0.4, -0.2) is 60.2 Å².